The molecule has 0 saturated carbocycles. The molecule has 6 nitrogen and oxygen atoms in total. The summed E-state index contributed by atoms with van der Waals surface area (Å²) in [5, 5.41) is 0.548. The molecule has 40 heavy (non-hydrogen) atoms. The minimum absolute atomic E-state index is 0.233. The van der Waals surface area contributed by atoms with Crippen LogP contribution in [0.3, 0.4) is 0 Å². The van der Waals surface area contributed by atoms with Crippen molar-refractivity contribution in [2.24, 2.45) is 4.99 Å². The molecule has 0 radical (unpaired) electrons. The summed E-state index contributed by atoms with van der Waals surface area (Å²) in [7, 11) is 1.56. The Morgan fingerprint density at radius 1 is 0.800 bits per heavy atom. The van der Waals surface area contributed by atoms with Crippen LogP contribution in [0.5, 0.6) is 5.75 Å². The lowest BCUT2D eigenvalue weighted by molar-refractivity contribution is -0.116. The Morgan fingerprint density at radius 2 is 1.48 bits per heavy atom. The van der Waals surface area contributed by atoms with Crippen molar-refractivity contribution in [3.8, 4) is 22.8 Å². The summed E-state index contributed by atoms with van der Waals surface area (Å²) >= 11 is 6.12. The van der Waals surface area contributed by atoms with E-state index in [0.29, 0.717) is 39.1 Å². The molecule has 0 bridgehead atoms. The first kappa shape index (κ1) is 25.5. The SMILES string of the molecule is COc1ccc2c(c1)C(C)(c1cnc(-c3ccccc3)n(-c3ccccc3)c1=O)C(=O)C(c1ccc(Cl)cc1)=N2. The van der Waals surface area contributed by atoms with E-state index >= 15 is 0 Å². The first-order valence-electron chi connectivity index (χ1n) is 12.7. The molecule has 1 aromatic heterocycles. The number of carbonyl (C=O) groups is 1. The van der Waals surface area contributed by atoms with Gasteiger partial charge in [0.25, 0.3) is 5.56 Å². The summed E-state index contributed by atoms with van der Waals surface area (Å²) in [6.45, 7) is 1.76. The summed E-state index contributed by atoms with van der Waals surface area (Å²) in [4.78, 5) is 38.5. The molecule has 0 fully saturated rings. The predicted molar refractivity (Wildman–Crippen MR) is 157 cm³/mol. The smallest absolute Gasteiger partial charge is 0.262 e. The number of ketones is 1. The molecule has 0 spiro atoms. The number of aromatic nitrogens is 2. The molecule has 1 aliphatic rings. The Labute approximate surface area is 236 Å². The summed E-state index contributed by atoms with van der Waals surface area (Å²) in [6, 6.07) is 31.1. The lowest BCUT2D eigenvalue weighted by atomic mass is 9.69. The minimum atomic E-state index is -1.41. The molecule has 1 aliphatic heterocycles. The van der Waals surface area contributed by atoms with Crippen molar-refractivity contribution in [1.29, 1.82) is 0 Å². The normalized spacial score (nSPS) is 16.3. The Kier molecular flexibility index (Phi) is 6.40. The molecule has 0 amide bonds. The van der Waals surface area contributed by atoms with Gasteiger partial charge in [0.15, 0.2) is 5.78 Å². The second-order valence-electron chi connectivity index (χ2n) is 9.64. The van der Waals surface area contributed by atoms with Crippen LogP contribution in [0.15, 0.2) is 119 Å². The quantitative estimate of drug-likeness (QED) is 0.250. The van der Waals surface area contributed by atoms with E-state index in [1.54, 1.807) is 61.1 Å². The van der Waals surface area contributed by atoms with Crippen LogP contribution >= 0.6 is 11.6 Å². The van der Waals surface area contributed by atoms with Gasteiger partial charge in [0, 0.05) is 22.3 Å². The summed E-state index contributed by atoms with van der Waals surface area (Å²) in [5.41, 5.74) is 1.90. The average molecular weight is 546 g/mol. The van der Waals surface area contributed by atoms with Crippen LogP contribution in [0.2, 0.25) is 5.02 Å². The van der Waals surface area contributed by atoms with Crippen molar-refractivity contribution in [2.75, 3.05) is 7.11 Å². The maximum absolute atomic E-state index is 14.5. The number of fused-ring (bicyclic) bond motifs is 1. The van der Waals surface area contributed by atoms with Gasteiger partial charge in [-0.3, -0.25) is 14.2 Å². The number of halogens is 1. The average Bonchev–Trinajstić information content (AvgIpc) is 3.00. The lowest BCUT2D eigenvalue weighted by Gasteiger charge is -2.34. The summed E-state index contributed by atoms with van der Waals surface area (Å²) in [5.74, 6) is 0.714. The van der Waals surface area contributed by atoms with Crippen molar-refractivity contribution in [1.82, 2.24) is 9.55 Å². The Bertz CT molecular complexity index is 1830. The fourth-order valence-electron chi connectivity index (χ4n) is 5.15. The number of rotatable bonds is 5. The van der Waals surface area contributed by atoms with E-state index in [-0.39, 0.29) is 22.6 Å². The number of hydrogen-bond donors (Lipinski definition) is 0. The molecule has 196 valence electrons. The van der Waals surface area contributed by atoms with Crippen LogP contribution in [0.25, 0.3) is 17.1 Å². The van der Waals surface area contributed by atoms with Gasteiger partial charge >= 0.3 is 0 Å². The Hall–Kier alpha value is -4.81. The van der Waals surface area contributed by atoms with Crippen LogP contribution < -0.4 is 10.3 Å². The molecule has 1 atom stereocenters. The van der Waals surface area contributed by atoms with Crippen LogP contribution in [0, 0.1) is 0 Å². The van der Waals surface area contributed by atoms with Crippen LogP contribution in [0.4, 0.5) is 5.69 Å². The second-order valence-corrected chi connectivity index (χ2v) is 10.1. The van der Waals surface area contributed by atoms with Crippen molar-refractivity contribution in [2.45, 2.75) is 12.3 Å². The fourth-order valence-corrected chi connectivity index (χ4v) is 5.27. The second kappa shape index (κ2) is 10.1. The number of benzene rings is 4. The third kappa shape index (κ3) is 4.14. The van der Waals surface area contributed by atoms with Gasteiger partial charge in [-0.15, -0.1) is 0 Å². The maximum Gasteiger partial charge on any atom is 0.262 e. The van der Waals surface area contributed by atoms with E-state index in [1.165, 1.54) is 6.20 Å². The molecular formula is C33H24ClN3O3. The van der Waals surface area contributed by atoms with Crippen LogP contribution in [-0.2, 0) is 10.2 Å². The van der Waals surface area contributed by atoms with Gasteiger partial charge in [-0.05, 0) is 55.0 Å². The standard InChI is InChI=1S/C33H24ClN3O3/c1-33(26-19-25(40-2)17-18-28(26)36-29(30(33)38)21-13-15-23(34)16-14-21)27-20-35-31(22-9-5-3-6-10-22)37(32(27)39)24-11-7-4-8-12-24/h3-20H,1-2H3. The topological polar surface area (TPSA) is 73.6 Å². The van der Waals surface area contributed by atoms with E-state index in [9.17, 15) is 9.59 Å². The number of Topliss-reactive ketones (excluding diaryl/α,β-unsaturated/α-hetero) is 1. The van der Waals surface area contributed by atoms with Crippen LogP contribution in [0.1, 0.15) is 23.6 Å². The number of para-hydroxylation sites is 1. The number of ether oxygens (including phenoxy) is 1. The molecule has 7 heteroatoms. The highest BCUT2D eigenvalue weighted by molar-refractivity contribution is 6.51. The predicted octanol–water partition coefficient (Wildman–Crippen LogP) is 6.57. The molecule has 0 aliphatic carbocycles. The molecule has 2 heterocycles. The van der Waals surface area contributed by atoms with Gasteiger partial charge in [-0.2, -0.15) is 0 Å². The monoisotopic (exact) mass is 545 g/mol. The number of methoxy groups -OCH3 is 1. The third-order valence-electron chi connectivity index (χ3n) is 7.31. The highest BCUT2D eigenvalue weighted by Gasteiger charge is 2.47. The van der Waals surface area contributed by atoms with Gasteiger partial charge in [0.2, 0.25) is 0 Å². The molecule has 0 N–H and O–H groups in total. The highest BCUT2D eigenvalue weighted by atomic mass is 35.5. The van der Waals surface area contributed by atoms with Gasteiger partial charge in [0.05, 0.1) is 29.5 Å². The van der Waals surface area contributed by atoms with Crippen molar-refractivity contribution < 1.29 is 9.53 Å². The van der Waals surface area contributed by atoms with E-state index in [4.69, 9.17) is 26.3 Å². The van der Waals surface area contributed by atoms with Crippen LogP contribution in [-0.4, -0.2) is 28.2 Å². The number of hydrogen-bond acceptors (Lipinski definition) is 5. The maximum atomic E-state index is 14.5. The number of nitrogens with zero attached hydrogens (tertiary/aromatic N) is 3. The molecule has 1 unspecified atom stereocenters. The Balaban J connectivity index is 1.65. The zero-order valence-electron chi connectivity index (χ0n) is 21.8. The third-order valence-corrected chi connectivity index (χ3v) is 7.56. The number of aliphatic imine (C=N–C) groups is 1. The van der Waals surface area contributed by atoms with Gasteiger partial charge in [-0.25, -0.2) is 9.98 Å². The Morgan fingerprint density at radius 3 is 2.15 bits per heavy atom. The largest absolute Gasteiger partial charge is 0.497 e. The summed E-state index contributed by atoms with van der Waals surface area (Å²) in [6.07, 6.45) is 1.52. The zero-order chi connectivity index (χ0) is 27.9. The first-order chi connectivity index (χ1) is 19.4. The summed E-state index contributed by atoms with van der Waals surface area (Å²) < 4.78 is 7.06. The zero-order valence-corrected chi connectivity index (χ0v) is 22.6. The molecule has 6 rings (SSSR count). The van der Waals surface area contributed by atoms with E-state index in [0.717, 1.165) is 5.56 Å². The first-order valence-corrected chi connectivity index (χ1v) is 13.1. The van der Waals surface area contributed by atoms with Gasteiger partial charge < -0.3 is 4.74 Å². The molecule has 0 saturated heterocycles. The van der Waals surface area contributed by atoms with Crippen molar-refractivity contribution >= 4 is 28.8 Å². The molecule has 4 aromatic carbocycles. The highest BCUT2D eigenvalue weighted by Crippen LogP contribution is 2.44. The minimum Gasteiger partial charge on any atom is -0.497 e. The lowest BCUT2D eigenvalue weighted by Crippen LogP contribution is -2.46. The van der Waals surface area contributed by atoms with E-state index < -0.39 is 5.41 Å². The number of carbonyl (C=O) groups excluding carboxylic acids is 1. The molecular weight excluding hydrogens is 522 g/mol. The van der Waals surface area contributed by atoms with Crippen molar-refractivity contribution in [3.63, 3.8) is 0 Å². The van der Waals surface area contributed by atoms with Crippen molar-refractivity contribution in [3.05, 3.63) is 141 Å². The fraction of sp³-hybridized carbons (Fsp3) is 0.0909. The van der Waals surface area contributed by atoms with Gasteiger partial charge in [-0.1, -0.05) is 72.3 Å². The van der Waals surface area contributed by atoms with E-state index in [2.05, 4.69) is 0 Å². The van der Waals surface area contributed by atoms with E-state index in [1.807, 2.05) is 60.7 Å². The van der Waals surface area contributed by atoms with Gasteiger partial charge in [0.1, 0.15) is 17.3 Å². The molecule has 5 aromatic rings.